The molecule has 0 radical (unpaired) electrons. The number of ether oxygens (including phenoxy) is 1. The lowest BCUT2D eigenvalue weighted by Gasteiger charge is -2.61. The Labute approximate surface area is 89.2 Å². The van der Waals surface area contributed by atoms with E-state index in [1.807, 2.05) is 6.92 Å². The van der Waals surface area contributed by atoms with E-state index in [9.17, 15) is 9.59 Å². The van der Waals surface area contributed by atoms with Gasteiger partial charge in [-0.15, -0.1) is 0 Å². The van der Waals surface area contributed by atoms with Gasteiger partial charge in [0.15, 0.2) is 0 Å². The van der Waals surface area contributed by atoms with E-state index in [4.69, 9.17) is 4.74 Å². The largest absolute Gasteiger partial charge is 0.457 e. The maximum absolute atomic E-state index is 12.1. The van der Waals surface area contributed by atoms with Gasteiger partial charge in [-0.05, 0) is 32.6 Å². The van der Waals surface area contributed by atoms with Crippen LogP contribution in [0.25, 0.3) is 0 Å². The van der Waals surface area contributed by atoms with Gasteiger partial charge in [0, 0.05) is 6.42 Å². The van der Waals surface area contributed by atoms with Crippen LogP contribution in [0.5, 0.6) is 0 Å². The van der Waals surface area contributed by atoms with Gasteiger partial charge < -0.3 is 4.74 Å². The van der Waals surface area contributed by atoms with Crippen molar-refractivity contribution in [2.45, 2.75) is 51.0 Å². The van der Waals surface area contributed by atoms with E-state index in [1.165, 1.54) is 0 Å². The van der Waals surface area contributed by atoms with Crippen molar-refractivity contribution in [2.75, 3.05) is 0 Å². The molecule has 3 atom stereocenters. The second-order valence-electron chi connectivity index (χ2n) is 5.36. The third kappa shape index (κ3) is 0.876. The Morgan fingerprint density at radius 1 is 1.27 bits per heavy atom. The Bertz CT molecular complexity index is 349. The van der Waals surface area contributed by atoms with Crippen molar-refractivity contribution in [1.29, 1.82) is 0 Å². The Kier molecular flexibility index (Phi) is 1.64. The minimum Gasteiger partial charge on any atom is -0.457 e. The van der Waals surface area contributed by atoms with Crippen LogP contribution in [0.15, 0.2) is 0 Å². The standard InChI is InChI=1S/C12H16O3/c1-11-6-2-4-8-10(14)15-12(8,11)7-3-5-9(11)13/h8H,2-7H2,1H3/t8-,11-,12+/m0/s1. The highest BCUT2D eigenvalue weighted by Crippen LogP contribution is 2.60. The summed E-state index contributed by atoms with van der Waals surface area (Å²) in [4.78, 5) is 23.5. The van der Waals surface area contributed by atoms with Gasteiger partial charge in [0.05, 0.1) is 11.3 Å². The van der Waals surface area contributed by atoms with E-state index in [0.717, 1.165) is 32.1 Å². The zero-order valence-corrected chi connectivity index (χ0v) is 9.04. The Hall–Kier alpha value is -0.860. The van der Waals surface area contributed by atoms with E-state index < -0.39 is 5.60 Å². The summed E-state index contributed by atoms with van der Waals surface area (Å²) in [6.45, 7) is 2.01. The van der Waals surface area contributed by atoms with Crippen LogP contribution in [-0.4, -0.2) is 17.4 Å². The topological polar surface area (TPSA) is 43.4 Å². The predicted molar refractivity (Wildman–Crippen MR) is 53.1 cm³/mol. The molecule has 3 aliphatic rings. The molecule has 0 aromatic heterocycles. The van der Waals surface area contributed by atoms with E-state index in [2.05, 4.69) is 0 Å². The van der Waals surface area contributed by atoms with Crippen LogP contribution in [0.4, 0.5) is 0 Å². The van der Waals surface area contributed by atoms with Gasteiger partial charge in [-0.1, -0.05) is 6.42 Å². The van der Waals surface area contributed by atoms with Crippen LogP contribution in [0.1, 0.15) is 45.4 Å². The van der Waals surface area contributed by atoms with Gasteiger partial charge in [0.1, 0.15) is 11.4 Å². The molecule has 15 heavy (non-hydrogen) atoms. The molecule has 0 amide bonds. The van der Waals surface area contributed by atoms with Crippen molar-refractivity contribution in [3.8, 4) is 0 Å². The molecule has 3 nitrogen and oxygen atoms in total. The minimum absolute atomic E-state index is 0.0144. The molecule has 3 rings (SSSR count). The van der Waals surface area contributed by atoms with Crippen LogP contribution in [0, 0.1) is 11.3 Å². The molecule has 3 heteroatoms. The highest BCUT2D eigenvalue weighted by atomic mass is 16.6. The average molecular weight is 208 g/mol. The number of rotatable bonds is 0. The number of carbonyl (C=O) groups excluding carboxylic acids is 2. The summed E-state index contributed by atoms with van der Waals surface area (Å²) in [5.74, 6) is 0.252. The lowest BCUT2D eigenvalue weighted by molar-refractivity contribution is -0.258. The minimum atomic E-state index is -0.405. The van der Waals surface area contributed by atoms with Crippen molar-refractivity contribution in [2.24, 2.45) is 11.3 Å². The summed E-state index contributed by atoms with van der Waals surface area (Å²) in [6.07, 6.45) is 5.26. The first-order chi connectivity index (χ1) is 7.10. The molecule has 2 saturated carbocycles. The van der Waals surface area contributed by atoms with Crippen molar-refractivity contribution >= 4 is 11.8 Å². The number of hydrogen-bond acceptors (Lipinski definition) is 3. The van der Waals surface area contributed by atoms with E-state index >= 15 is 0 Å². The smallest absolute Gasteiger partial charge is 0.313 e. The molecule has 1 heterocycles. The first-order valence-electron chi connectivity index (χ1n) is 5.86. The monoisotopic (exact) mass is 208 g/mol. The maximum Gasteiger partial charge on any atom is 0.313 e. The number of hydrogen-bond donors (Lipinski definition) is 0. The Balaban J connectivity index is 2.04. The fourth-order valence-electron chi connectivity index (χ4n) is 3.84. The van der Waals surface area contributed by atoms with Gasteiger partial charge in [-0.3, -0.25) is 9.59 Å². The molecule has 0 aromatic carbocycles. The van der Waals surface area contributed by atoms with E-state index in [1.54, 1.807) is 0 Å². The van der Waals surface area contributed by atoms with Crippen molar-refractivity contribution < 1.29 is 14.3 Å². The normalized spacial score (nSPS) is 48.7. The number of Topliss-reactive ketones (excluding diaryl/α,β-unsaturated/α-hetero) is 1. The summed E-state index contributed by atoms with van der Waals surface area (Å²) in [5.41, 5.74) is -0.778. The molecule has 1 saturated heterocycles. The van der Waals surface area contributed by atoms with Crippen molar-refractivity contribution in [3.05, 3.63) is 0 Å². The van der Waals surface area contributed by atoms with Crippen molar-refractivity contribution in [1.82, 2.24) is 0 Å². The zero-order chi connectivity index (χ0) is 10.7. The van der Waals surface area contributed by atoms with Crippen LogP contribution >= 0.6 is 0 Å². The molecule has 3 fully saturated rings. The highest BCUT2D eigenvalue weighted by molar-refractivity contribution is 5.92. The van der Waals surface area contributed by atoms with Crippen LogP contribution in [-0.2, 0) is 14.3 Å². The maximum atomic E-state index is 12.1. The fraction of sp³-hybridized carbons (Fsp3) is 0.833. The van der Waals surface area contributed by atoms with Crippen molar-refractivity contribution in [3.63, 3.8) is 0 Å². The molecule has 1 aliphatic heterocycles. The van der Waals surface area contributed by atoms with Crippen LogP contribution in [0.2, 0.25) is 0 Å². The third-order valence-electron chi connectivity index (χ3n) is 4.80. The Morgan fingerprint density at radius 3 is 2.80 bits per heavy atom. The van der Waals surface area contributed by atoms with E-state index in [0.29, 0.717) is 12.2 Å². The SMILES string of the molecule is C[C@@]12CCC[C@H]3C(=O)O[C@]31CCCC2=O. The summed E-state index contributed by atoms with van der Waals surface area (Å²) < 4.78 is 5.45. The lowest BCUT2D eigenvalue weighted by Crippen LogP contribution is -2.71. The predicted octanol–water partition coefficient (Wildman–Crippen LogP) is 1.84. The molecule has 0 N–H and O–H groups in total. The molecule has 1 spiro atoms. The lowest BCUT2D eigenvalue weighted by atomic mass is 9.50. The second-order valence-corrected chi connectivity index (χ2v) is 5.36. The van der Waals surface area contributed by atoms with Gasteiger partial charge in [-0.25, -0.2) is 0 Å². The molecular formula is C12H16O3. The summed E-state index contributed by atoms with van der Waals surface area (Å²) >= 11 is 0. The molecule has 0 unspecified atom stereocenters. The van der Waals surface area contributed by atoms with E-state index in [-0.39, 0.29) is 17.3 Å². The first kappa shape index (κ1) is 9.37. The van der Waals surface area contributed by atoms with Crippen LogP contribution < -0.4 is 0 Å². The zero-order valence-electron chi connectivity index (χ0n) is 9.04. The second kappa shape index (κ2) is 2.63. The molecule has 82 valence electrons. The molecular weight excluding hydrogens is 192 g/mol. The summed E-state index contributed by atoms with van der Waals surface area (Å²) in [5, 5.41) is 0. The summed E-state index contributed by atoms with van der Waals surface area (Å²) in [6, 6.07) is 0. The number of esters is 1. The fourth-order valence-corrected chi connectivity index (χ4v) is 3.84. The quantitative estimate of drug-likeness (QED) is 0.570. The van der Waals surface area contributed by atoms with Crippen LogP contribution in [0.3, 0.4) is 0 Å². The third-order valence-corrected chi connectivity index (χ3v) is 4.80. The summed E-state index contributed by atoms with van der Waals surface area (Å²) in [7, 11) is 0. The van der Waals surface area contributed by atoms with Gasteiger partial charge in [0.25, 0.3) is 0 Å². The van der Waals surface area contributed by atoms with Gasteiger partial charge in [0.2, 0.25) is 0 Å². The number of ketones is 1. The molecule has 0 bridgehead atoms. The average Bonchev–Trinajstić information content (AvgIpc) is 2.19. The van der Waals surface area contributed by atoms with Gasteiger partial charge >= 0.3 is 5.97 Å². The number of carbonyl (C=O) groups is 2. The molecule has 2 aliphatic carbocycles. The Morgan fingerprint density at radius 2 is 2.07 bits per heavy atom. The molecule has 0 aromatic rings. The van der Waals surface area contributed by atoms with Gasteiger partial charge in [-0.2, -0.15) is 0 Å². The highest BCUT2D eigenvalue weighted by Gasteiger charge is 2.70. The first-order valence-corrected chi connectivity index (χ1v) is 5.86.